The van der Waals surface area contributed by atoms with Crippen LogP contribution >= 0.6 is 0 Å². The third kappa shape index (κ3) is 3.18. The summed E-state index contributed by atoms with van der Waals surface area (Å²) in [6, 6.07) is 9.63. The van der Waals surface area contributed by atoms with Gasteiger partial charge in [-0.2, -0.15) is 4.98 Å². The standard InChI is InChI=1S/C21H21N7O2/c1-14-19(28-8-4-3-5-18(28)23-14)21(29)27-11-9-26(10-12-27)17-7-6-16(13-22-17)20-24-15(2)30-25-20/h3-8,13H,9-12H2,1-2H3. The predicted molar refractivity (Wildman–Crippen MR) is 110 cm³/mol. The zero-order valence-electron chi connectivity index (χ0n) is 16.8. The van der Waals surface area contributed by atoms with Crippen LogP contribution in [0.1, 0.15) is 22.1 Å². The van der Waals surface area contributed by atoms with Gasteiger partial charge in [-0.3, -0.25) is 9.20 Å². The first-order valence-electron chi connectivity index (χ1n) is 9.85. The molecule has 0 saturated carbocycles. The average Bonchev–Trinajstić information content (AvgIpc) is 3.36. The Balaban J connectivity index is 1.28. The lowest BCUT2D eigenvalue weighted by Gasteiger charge is -2.35. The second kappa shape index (κ2) is 7.25. The molecule has 1 aliphatic heterocycles. The molecule has 0 bridgehead atoms. The summed E-state index contributed by atoms with van der Waals surface area (Å²) in [5, 5.41) is 3.92. The molecule has 4 aromatic rings. The van der Waals surface area contributed by atoms with E-state index in [2.05, 4.69) is 25.0 Å². The highest BCUT2D eigenvalue weighted by Crippen LogP contribution is 2.21. The number of rotatable bonds is 3. The Hall–Kier alpha value is -3.75. The van der Waals surface area contributed by atoms with Gasteiger partial charge in [0.05, 0.1) is 5.69 Å². The number of aromatic nitrogens is 5. The lowest BCUT2D eigenvalue weighted by molar-refractivity contribution is 0.0738. The van der Waals surface area contributed by atoms with Crippen molar-refractivity contribution in [3.05, 3.63) is 60.0 Å². The Labute approximate surface area is 173 Å². The molecule has 0 unspecified atom stereocenters. The van der Waals surface area contributed by atoms with Crippen molar-refractivity contribution in [2.24, 2.45) is 0 Å². The molecule has 9 nitrogen and oxygen atoms in total. The van der Waals surface area contributed by atoms with E-state index in [-0.39, 0.29) is 5.91 Å². The highest BCUT2D eigenvalue weighted by Gasteiger charge is 2.26. The van der Waals surface area contributed by atoms with Crippen molar-refractivity contribution in [3.63, 3.8) is 0 Å². The summed E-state index contributed by atoms with van der Waals surface area (Å²) in [6.07, 6.45) is 3.63. The summed E-state index contributed by atoms with van der Waals surface area (Å²) >= 11 is 0. The van der Waals surface area contributed by atoms with Crippen LogP contribution in [0.5, 0.6) is 0 Å². The molecule has 4 aromatic heterocycles. The van der Waals surface area contributed by atoms with E-state index >= 15 is 0 Å². The molecule has 0 aliphatic carbocycles. The lowest BCUT2D eigenvalue weighted by Crippen LogP contribution is -2.49. The van der Waals surface area contributed by atoms with E-state index in [4.69, 9.17) is 4.52 Å². The van der Waals surface area contributed by atoms with E-state index in [1.807, 2.05) is 52.8 Å². The van der Waals surface area contributed by atoms with Gasteiger partial charge in [0.15, 0.2) is 0 Å². The molecule has 1 amide bonds. The van der Waals surface area contributed by atoms with Crippen molar-refractivity contribution >= 4 is 17.4 Å². The smallest absolute Gasteiger partial charge is 0.272 e. The summed E-state index contributed by atoms with van der Waals surface area (Å²) < 4.78 is 6.89. The normalized spacial score (nSPS) is 14.5. The van der Waals surface area contributed by atoms with Gasteiger partial charge in [-0.05, 0) is 31.2 Å². The third-order valence-corrected chi connectivity index (χ3v) is 5.33. The fraction of sp³-hybridized carbons (Fsp3) is 0.286. The van der Waals surface area contributed by atoms with Gasteiger partial charge in [0, 0.05) is 51.1 Å². The van der Waals surface area contributed by atoms with Crippen LogP contribution in [-0.4, -0.2) is 61.5 Å². The molecule has 9 heteroatoms. The SMILES string of the molecule is Cc1nc(-c2ccc(N3CCN(C(=O)c4c(C)nc5ccccn45)CC3)nc2)no1. The molecule has 1 saturated heterocycles. The number of nitrogens with zero attached hydrogens (tertiary/aromatic N) is 7. The summed E-state index contributed by atoms with van der Waals surface area (Å²) in [6.45, 7) is 6.34. The number of imidazole rings is 1. The molecule has 1 fully saturated rings. The fourth-order valence-corrected chi connectivity index (χ4v) is 3.78. The van der Waals surface area contributed by atoms with Crippen molar-refractivity contribution in [1.29, 1.82) is 0 Å². The van der Waals surface area contributed by atoms with Gasteiger partial charge in [0.25, 0.3) is 5.91 Å². The van der Waals surface area contributed by atoms with Crippen molar-refractivity contribution in [1.82, 2.24) is 29.4 Å². The molecular formula is C21H21N7O2. The number of aryl methyl sites for hydroxylation is 2. The minimum atomic E-state index is 0.0154. The number of fused-ring (bicyclic) bond motifs is 1. The Morgan fingerprint density at radius 3 is 2.57 bits per heavy atom. The maximum Gasteiger partial charge on any atom is 0.272 e. The Bertz CT molecular complexity index is 1200. The minimum Gasteiger partial charge on any atom is -0.353 e. The molecule has 0 N–H and O–H groups in total. The van der Waals surface area contributed by atoms with E-state index in [0.29, 0.717) is 30.5 Å². The van der Waals surface area contributed by atoms with Crippen LogP contribution in [0.4, 0.5) is 5.82 Å². The van der Waals surface area contributed by atoms with Crippen LogP contribution in [0.15, 0.2) is 47.2 Å². The van der Waals surface area contributed by atoms with E-state index in [1.165, 1.54) is 0 Å². The van der Waals surface area contributed by atoms with Gasteiger partial charge in [0.1, 0.15) is 17.2 Å². The number of carbonyl (C=O) groups excluding carboxylic acids is 1. The van der Waals surface area contributed by atoms with E-state index < -0.39 is 0 Å². The molecule has 5 heterocycles. The number of hydrogen-bond donors (Lipinski definition) is 0. The maximum absolute atomic E-state index is 13.2. The van der Waals surface area contributed by atoms with Gasteiger partial charge < -0.3 is 14.3 Å². The van der Waals surface area contributed by atoms with Crippen LogP contribution in [0.2, 0.25) is 0 Å². The quantitative estimate of drug-likeness (QED) is 0.518. The number of anilines is 1. The van der Waals surface area contributed by atoms with Crippen LogP contribution in [-0.2, 0) is 0 Å². The van der Waals surface area contributed by atoms with E-state index in [1.54, 1.807) is 13.1 Å². The summed E-state index contributed by atoms with van der Waals surface area (Å²) in [5.41, 5.74) is 2.99. The van der Waals surface area contributed by atoms with Crippen molar-refractivity contribution in [2.75, 3.05) is 31.1 Å². The van der Waals surface area contributed by atoms with Crippen LogP contribution in [0, 0.1) is 13.8 Å². The van der Waals surface area contributed by atoms with Crippen molar-refractivity contribution < 1.29 is 9.32 Å². The molecular weight excluding hydrogens is 382 g/mol. The monoisotopic (exact) mass is 403 g/mol. The van der Waals surface area contributed by atoms with E-state index in [0.717, 1.165) is 35.8 Å². The Kier molecular flexibility index (Phi) is 4.42. The summed E-state index contributed by atoms with van der Waals surface area (Å²) in [7, 11) is 0. The largest absolute Gasteiger partial charge is 0.353 e. The van der Waals surface area contributed by atoms with Crippen molar-refractivity contribution in [3.8, 4) is 11.4 Å². The lowest BCUT2D eigenvalue weighted by atomic mass is 10.2. The molecule has 30 heavy (non-hydrogen) atoms. The zero-order valence-corrected chi connectivity index (χ0v) is 16.8. The van der Waals surface area contributed by atoms with Gasteiger partial charge >= 0.3 is 0 Å². The second-order valence-corrected chi connectivity index (χ2v) is 7.30. The molecule has 152 valence electrons. The topological polar surface area (TPSA) is 92.7 Å². The van der Waals surface area contributed by atoms with Crippen molar-refractivity contribution in [2.45, 2.75) is 13.8 Å². The minimum absolute atomic E-state index is 0.0154. The van der Waals surface area contributed by atoms with Crippen LogP contribution in [0.3, 0.4) is 0 Å². The van der Waals surface area contributed by atoms with Gasteiger partial charge in [-0.1, -0.05) is 11.2 Å². The molecule has 0 atom stereocenters. The first-order chi connectivity index (χ1) is 14.6. The van der Waals surface area contributed by atoms with Crippen LogP contribution in [0.25, 0.3) is 17.0 Å². The van der Waals surface area contributed by atoms with Crippen LogP contribution < -0.4 is 4.90 Å². The Morgan fingerprint density at radius 1 is 1.03 bits per heavy atom. The maximum atomic E-state index is 13.2. The third-order valence-electron chi connectivity index (χ3n) is 5.33. The first kappa shape index (κ1) is 18.3. The highest BCUT2D eigenvalue weighted by atomic mass is 16.5. The molecule has 0 aromatic carbocycles. The molecule has 0 spiro atoms. The highest BCUT2D eigenvalue weighted by molar-refractivity contribution is 5.94. The second-order valence-electron chi connectivity index (χ2n) is 7.30. The first-order valence-corrected chi connectivity index (χ1v) is 9.85. The molecule has 0 radical (unpaired) electrons. The molecule has 1 aliphatic rings. The number of carbonyl (C=O) groups is 1. The van der Waals surface area contributed by atoms with E-state index in [9.17, 15) is 4.79 Å². The van der Waals surface area contributed by atoms with Gasteiger partial charge in [-0.25, -0.2) is 9.97 Å². The number of amides is 1. The predicted octanol–water partition coefficient (Wildman–Crippen LogP) is 2.36. The van der Waals surface area contributed by atoms with Gasteiger partial charge in [0.2, 0.25) is 11.7 Å². The summed E-state index contributed by atoms with van der Waals surface area (Å²) in [4.78, 5) is 30.5. The fourth-order valence-electron chi connectivity index (χ4n) is 3.78. The molecule has 5 rings (SSSR count). The van der Waals surface area contributed by atoms with Gasteiger partial charge in [-0.15, -0.1) is 0 Å². The zero-order chi connectivity index (χ0) is 20.7. The number of hydrogen-bond acceptors (Lipinski definition) is 7. The average molecular weight is 403 g/mol. The Morgan fingerprint density at radius 2 is 1.87 bits per heavy atom. The summed E-state index contributed by atoms with van der Waals surface area (Å²) in [5.74, 6) is 1.94. The number of pyridine rings is 2. The number of piperazine rings is 1.